The molecule has 0 saturated carbocycles. The van der Waals surface area contributed by atoms with E-state index >= 15 is 0 Å². The molecule has 0 spiro atoms. The van der Waals surface area contributed by atoms with E-state index in [1.54, 1.807) is 12.1 Å². The first-order valence-corrected chi connectivity index (χ1v) is 12.1. The third-order valence-corrected chi connectivity index (χ3v) is 7.68. The molecule has 1 fully saturated rings. The number of phenolic OH excluding ortho intramolecular Hbond substituents is 1. The molecule has 0 bridgehead atoms. The summed E-state index contributed by atoms with van der Waals surface area (Å²) in [5, 5.41) is 10.5. The smallest absolute Gasteiger partial charge is 0.310 e. The minimum atomic E-state index is -0.612. The molecule has 194 valence electrons. The number of fused-ring (bicyclic) bond motifs is 4. The van der Waals surface area contributed by atoms with Gasteiger partial charge in [0.1, 0.15) is 11.3 Å². The zero-order valence-corrected chi connectivity index (χ0v) is 20.4. The number of phenols is 1. The van der Waals surface area contributed by atoms with Gasteiger partial charge >= 0.3 is 5.97 Å². The summed E-state index contributed by atoms with van der Waals surface area (Å²) in [5.41, 5.74) is 3.16. The second-order valence-electron chi connectivity index (χ2n) is 9.55. The lowest BCUT2D eigenvalue weighted by atomic mass is 9.62. The number of aromatic nitrogens is 1. The molecule has 7 rings (SSSR count). The molecule has 1 aliphatic carbocycles. The minimum Gasteiger partial charge on any atom is -0.502 e. The predicted molar refractivity (Wildman–Crippen MR) is 129 cm³/mol. The highest BCUT2D eigenvalue weighted by Gasteiger charge is 2.54. The molecule has 3 heterocycles. The van der Waals surface area contributed by atoms with Gasteiger partial charge in [0, 0.05) is 17.9 Å². The maximum absolute atomic E-state index is 13.9. The van der Waals surface area contributed by atoms with Crippen LogP contribution < -0.4 is 18.9 Å². The van der Waals surface area contributed by atoms with Crippen LogP contribution in [0.15, 0.2) is 46.9 Å². The molecule has 0 unspecified atom stereocenters. The Morgan fingerprint density at radius 1 is 0.947 bits per heavy atom. The van der Waals surface area contributed by atoms with Gasteiger partial charge in [-0.25, -0.2) is 9.37 Å². The molecule has 1 saturated heterocycles. The number of oxazole rings is 1. The third kappa shape index (κ3) is 3.22. The van der Waals surface area contributed by atoms with Gasteiger partial charge in [-0.15, -0.1) is 0 Å². The summed E-state index contributed by atoms with van der Waals surface area (Å²) in [6, 6.07) is 11.3. The lowest BCUT2D eigenvalue weighted by molar-refractivity contribution is -0.141. The summed E-state index contributed by atoms with van der Waals surface area (Å²) < 4.78 is 47.9. The highest BCUT2D eigenvalue weighted by atomic mass is 19.1. The monoisotopic (exact) mass is 519 g/mol. The predicted octanol–water partition coefficient (Wildman–Crippen LogP) is 4.49. The Hall–Kier alpha value is -4.47. The van der Waals surface area contributed by atoms with Crippen molar-refractivity contribution in [1.29, 1.82) is 0 Å². The topological polar surface area (TPSA) is 109 Å². The molecule has 4 aromatic rings. The molecule has 4 atom stereocenters. The van der Waals surface area contributed by atoms with Crippen molar-refractivity contribution in [3.63, 3.8) is 0 Å². The fourth-order valence-corrected chi connectivity index (χ4v) is 6.02. The Kier molecular flexibility index (Phi) is 4.94. The highest BCUT2D eigenvalue weighted by molar-refractivity contribution is 5.80. The Bertz CT molecular complexity index is 1590. The van der Waals surface area contributed by atoms with Crippen LogP contribution >= 0.6 is 0 Å². The van der Waals surface area contributed by atoms with Gasteiger partial charge in [0.25, 0.3) is 0 Å². The number of carbonyl (C=O) groups excluding carboxylic acids is 1. The molecular weight excluding hydrogens is 497 g/mol. The van der Waals surface area contributed by atoms with Gasteiger partial charge < -0.3 is 33.2 Å². The van der Waals surface area contributed by atoms with Crippen molar-refractivity contribution in [3.05, 3.63) is 70.9 Å². The van der Waals surface area contributed by atoms with Crippen molar-refractivity contribution in [2.75, 3.05) is 27.6 Å². The first kappa shape index (κ1) is 22.7. The first-order valence-electron chi connectivity index (χ1n) is 12.1. The maximum Gasteiger partial charge on any atom is 0.310 e. The van der Waals surface area contributed by atoms with Gasteiger partial charge in [0.05, 0.1) is 32.7 Å². The number of carbonyl (C=O) groups is 1. The van der Waals surface area contributed by atoms with Gasteiger partial charge in [0.2, 0.25) is 18.4 Å². The zero-order valence-electron chi connectivity index (χ0n) is 20.4. The second kappa shape index (κ2) is 8.27. The number of rotatable bonds is 4. The van der Waals surface area contributed by atoms with E-state index in [0.717, 1.165) is 11.1 Å². The van der Waals surface area contributed by atoms with E-state index in [0.29, 0.717) is 34.1 Å². The number of esters is 1. The van der Waals surface area contributed by atoms with Gasteiger partial charge in [-0.1, -0.05) is 0 Å². The van der Waals surface area contributed by atoms with Crippen LogP contribution in [0.3, 0.4) is 0 Å². The fraction of sp³-hybridized carbons (Fsp3) is 0.286. The minimum absolute atomic E-state index is 0.0749. The van der Waals surface area contributed by atoms with E-state index in [2.05, 4.69) is 4.98 Å². The van der Waals surface area contributed by atoms with Crippen LogP contribution in [0.4, 0.5) is 4.39 Å². The Labute approximate surface area is 215 Å². The highest BCUT2D eigenvalue weighted by Crippen LogP contribution is 2.57. The van der Waals surface area contributed by atoms with Crippen molar-refractivity contribution in [2.45, 2.75) is 11.8 Å². The quantitative estimate of drug-likeness (QED) is 0.390. The zero-order chi connectivity index (χ0) is 26.1. The van der Waals surface area contributed by atoms with Crippen molar-refractivity contribution >= 4 is 17.1 Å². The molecule has 1 N–H and O–H groups in total. The number of ether oxygens (including phenoxy) is 5. The SMILES string of the molecule is COc1cc([C@@H]2c3cc4c(cc3[C@@H](c3nc5cc(F)ccc5o3)[C@H]3COC(=O)[C@H]23)OCO4)cc(OC)c1O. The van der Waals surface area contributed by atoms with Crippen molar-refractivity contribution in [2.24, 2.45) is 11.8 Å². The largest absolute Gasteiger partial charge is 0.502 e. The molecular formula is C28H22FNO8. The number of nitrogens with zero attached hydrogens (tertiary/aromatic N) is 1. The average Bonchev–Trinajstić information content (AvgIpc) is 3.64. The van der Waals surface area contributed by atoms with E-state index in [9.17, 15) is 14.3 Å². The summed E-state index contributed by atoms with van der Waals surface area (Å²) in [6.45, 7) is 0.226. The van der Waals surface area contributed by atoms with Gasteiger partial charge in [-0.05, 0) is 53.1 Å². The van der Waals surface area contributed by atoms with Crippen LogP contribution in [0.5, 0.6) is 28.7 Å². The van der Waals surface area contributed by atoms with Crippen LogP contribution in [-0.2, 0) is 9.53 Å². The molecule has 3 aromatic carbocycles. The lowest BCUT2D eigenvalue weighted by Crippen LogP contribution is -2.35. The number of cyclic esters (lactones) is 1. The molecule has 3 aliphatic rings. The molecule has 0 amide bonds. The van der Waals surface area contributed by atoms with E-state index in [1.807, 2.05) is 12.1 Å². The van der Waals surface area contributed by atoms with Crippen LogP contribution in [0, 0.1) is 17.7 Å². The summed E-state index contributed by atoms with van der Waals surface area (Å²) in [5.74, 6) is -0.916. The van der Waals surface area contributed by atoms with Crippen molar-refractivity contribution in [1.82, 2.24) is 4.98 Å². The molecule has 2 aliphatic heterocycles. The number of benzene rings is 3. The van der Waals surface area contributed by atoms with Gasteiger partial charge in [-0.2, -0.15) is 0 Å². The second-order valence-corrected chi connectivity index (χ2v) is 9.55. The summed E-state index contributed by atoms with van der Waals surface area (Å²) in [6.07, 6.45) is 0. The van der Waals surface area contributed by atoms with E-state index in [4.69, 9.17) is 28.1 Å². The molecule has 9 nitrogen and oxygen atoms in total. The third-order valence-electron chi connectivity index (χ3n) is 7.68. The Morgan fingerprint density at radius 3 is 2.32 bits per heavy atom. The average molecular weight is 519 g/mol. The van der Waals surface area contributed by atoms with Crippen molar-refractivity contribution < 1.29 is 42.4 Å². The lowest BCUT2D eigenvalue weighted by Gasteiger charge is -2.38. The van der Waals surface area contributed by atoms with Crippen molar-refractivity contribution in [3.8, 4) is 28.7 Å². The van der Waals surface area contributed by atoms with Gasteiger partial charge in [-0.3, -0.25) is 4.79 Å². The Morgan fingerprint density at radius 2 is 1.63 bits per heavy atom. The van der Waals surface area contributed by atoms with Gasteiger partial charge in [0.15, 0.2) is 28.6 Å². The summed E-state index contributed by atoms with van der Waals surface area (Å²) in [4.78, 5) is 17.9. The normalized spacial score (nSPS) is 23.2. The summed E-state index contributed by atoms with van der Waals surface area (Å²) >= 11 is 0. The summed E-state index contributed by atoms with van der Waals surface area (Å²) in [7, 11) is 2.90. The van der Waals surface area contributed by atoms with E-state index in [-0.39, 0.29) is 42.5 Å². The number of hydrogen-bond donors (Lipinski definition) is 1. The molecule has 0 radical (unpaired) electrons. The first-order chi connectivity index (χ1) is 18.5. The molecule has 1 aromatic heterocycles. The maximum atomic E-state index is 13.9. The number of methoxy groups -OCH3 is 2. The standard InChI is InChI=1S/C28H22FNO8/c1-33-21-5-12(6-22(34-2)26(21)31)23-14-8-19-20(37-11-36-19)9-15(14)24(16-10-35-28(32)25(16)23)27-30-17-7-13(29)3-4-18(17)38-27/h3-9,16,23-25,31H,10-11H2,1-2H3/t16-,23-,24-,25+/m1/s1. The molecule has 10 heteroatoms. The van der Waals surface area contributed by atoms with E-state index < -0.39 is 23.6 Å². The van der Waals surface area contributed by atoms with E-state index in [1.165, 1.54) is 32.4 Å². The fourth-order valence-electron chi connectivity index (χ4n) is 6.02. The molecule has 38 heavy (non-hydrogen) atoms. The number of halogens is 1. The number of aromatic hydroxyl groups is 1. The number of hydrogen-bond acceptors (Lipinski definition) is 9. The Balaban J connectivity index is 1.48. The van der Waals surface area contributed by atoms with Crippen LogP contribution in [-0.4, -0.2) is 43.7 Å². The van der Waals surface area contributed by atoms with Crippen LogP contribution in [0.25, 0.3) is 11.1 Å². The van der Waals surface area contributed by atoms with Crippen LogP contribution in [0.2, 0.25) is 0 Å². The van der Waals surface area contributed by atoms with Crippen LogP contribution in [0.1, 0.15) is 34.4 Å².